The Hall–Kier alpha value is -3.27. The number of carbonyl (C=O) groups is 3. The van der Waals surface area contributed by atoms with Gasteiger partial charge in [-0.05, 0) is 48.9 Å². The van der Waals surface area contributed by atoms with Crippen LogP contribution in [0.15, 0.2) is 82.3 Å². The van der Waals surface area contributed by atoms with Crippen molar-refractivity contribution in [3.05, 3.63) is 99.1 Å². The summed E-state index contributed by atoms with van der Waals surface area (Å²) in [6, 6.07) is 21.2. The summed E-state index contributed by atoms with van der Waals surface area (Å²) < 4.78 is -0.195. The highest BCUT2D eigenvalue weighted by atomic mass is 79.9. The van der Waals surface area contributed by atoms with Crippen molar-refractivity contribution in [2.75, 3.05) is 26.2 Å². The maximum absolute atomic E-state index is 15.1. The van der Waals surface area contributed by atoms with Crippen molar-refractivity contribution in [1.82, 2.24) is 19.7 Å². The Morgan fingerprint density at radius 2 is 1.67 bits per heavy atom. The molecule has 45 heavy (non-hydrogen) atoms. The number of H-pyrrole nitrogens is 1. The largest absolute Gasteiger partial charge is 0.361 e. The normalized spacial score (nSPS) is 20.4. The Bertz CT molecular complexity index is 1730. The number of aromatic amines is 1. The number of piperazine rings is 1. The van der Waals surface area contributed by atoms with E-state index in [2.05, 4.69) is 20.9 Å². The van der Waals surface area contributed by atoms with E-state index in [0.29, 0.717) is 37.7 Å². The predicted octanol–water partition coefficient (Wildman–Crippen LogP) is 7.22. The number of amides is 3. The van der Waals surface area contributed by atoms with E-state index in [-0.39, 0.29) is 30.1 Å². The zero-order valence-corrected chi connectivity index (χ0v) is 28.7. The summed E-state index contributed by atoms with van der Waals surface area (Å²) in [5, 5.41) is 1.53. The number of nitrogens with zero attached hydrogens (tertiary/aromatic N) is 3. The van der Waals surface area contributed by atoms with Crippen molar-refractivity contribution in [2.24, 2.45) is 5.92 Å². The van der Waals surface area contributed by atoms with Crippen LogP contribution in [0.2, 0.25) is 5.02 Å². The second kappa shape index (κ2) is 12.9. The number of halogens is 2. The number of aryl methyl sites for hydroxylation is 1. The molecule has 10 heteroatoms. The van der Waals surface area contributed by atoms with Gasteiger partial charge in [-0.15, -0.1) is 11.8 Å². The van der Waals surface area contributed by atoms with Gasteiger partial charge < -0.3 is 19.7 Å². The number of fused-ring (bicyclic) bond motifs is 1. The fourth-order valence-corrected chi connectivity index (χ4v) is 8.37. The Labute approximate surface area is 281 Å². The highest BCUT2D eigenvalue weighted by Gasteiger charge is 2.60. The molecule has 234 valence electrons. The van der Waals surface area contributed by atoms with E-state index in [1.807, 2.05) is 108 Å². The molecule has 2 aliphatic rings. The first-order chi connectivity index (χ1) is 21.6. The van der Waals surface area contributed by atoms with Gasteiger partial charge in [0.05, 0.1) is 12.5 Å². The first-order valence-corrected chi connectivity index (χ1v) is 17.2. The van der Waals surface area contributed by atoms with Gasteiger partial charge in [-0.25, -0.2) is 0 Å². The van der Waals surface area contributed by atoms with Crippen LogP contribution in [0.3, 0.4) is 0 Å². The first-order valence-electron chi connectivity index (χ1n) is 15.2. The first kappa shape index (κ1) is 31.7. The van der Waals surface area contributed by atoms with Crippen molar-refractivity contribution in [3.8, 4) is 0 Å². The summed E-state index contributed by atoms with van der Waals surface area (Å²) in [6.45, 7) is 7.98. The lowest BCUT2D eigenvalue weighted by atomic mass is 9.90. The summed E-state index contributed by atoms with van der Waals surface area (Å²) in [5.41, 5.74) is 3.83. The maximum Gasteiger partial charge on any atom is 0.242 e. The van der Waals surface area contributed by atoms with Gasteiger partial charge in [-0.2, -0.15) is 0 Å². The van der Waals surface area contributed by atoms with Crippen LogP contribution in [0.4, 0.5) is 0 Å². The number of thioether (sulfide) groups is 1. The van der Waals surface area contributed by atoms with Crippen LogP contribution in [0, 0.1) is 12.8 Å². The number of benzene rings is 3. The molecule has 4 aromatic rings. The van der Waals surface area contributed by atoms with E-state index in [1.165, 1.54) is 11.8 Å². The number of likely N-dealkylation sites (tertiary alicyclic amines) is 1. The maximum atomic E-state index is 15.1. The van der Waals surface area contributed by atoms with Crippen molar-refractivity contribution in [2.45, 2.75) is 49.4 Å². The summed E-state index contributed by atoms with van der Waals surface area (Å²) in [4.78, 5) is 51.9. The molecule has 0 radical (unpaired) electrons. The van der Waals surface area contributed by atoms with Crippen LogP contribution < -0.4 is 0 Å². The Morgan fingerprint density at radius 1 is 1.00 bits per heavy atom. The molecule has 3 aromatic carbocycles. The van der Waals surface area contributed by atoms with Gasteiger partial charge in [0, 0.05) is 75.7 Å². The molecule has 0 saturated carbocycles. The third-order valence-electron chi connectivity index (χ3n) is 8.78. The van der Waals surface area contributed by atoms with Crippen LogP contribution in [-0.2, 0) is 20.9 Å². The van der Waals surface area contributed by atoms with E-state index >= 15 is 4.79 Å². The SMILES string of the molecule is Cc1ccc(S[C@@]2(C(=O)N3CCN(C(=O)C(C)C)CC3)CC(=O)N(Cc3ccc(Br)cc3)[C@H]2c2c[nH]c3cc(Cl)ccc23)cc1. The molecule has 0 bridgehead atoms. The summed E-state index contributed by atoms with van der Waals surface area (Å²) in [7, 11) is 0. The molecular formula is C35H36BrClN4O3S. The monoisotopic (exact) mass is 706 g/mol. The van der Waals surface area contributed by atoms with Crippen LogP contribution >= 0.6 is 39.3 Å². The lowest BCUT2D eigenvalue weighted by molar-refractivity contribution is -0.143. The lowest BCUT2D eigenvalue weighted by Crippen LogP contribution is -2.57. The molecular weight excluding hydrogens is 672 g/mol. The molecule has 0 unspecified atom stereocenters. The average molecular weight is 708 g/mol. The number of rotatable bonds is 7. The second-order valence-electron chi connectivity index (χ2n) is 12.2. The molecule has 2 aliphatic heterocycles. The average Bonchev–Trinajstić information content (AvgIpc) is 3.55. The smallest absolute Gasteiger partial charge is 0.242 e. The van der Waals surface area contributed by atoms with Crippen molar-refractivity contribution in [1.29, 1.82) is 0 Å². The number of carbonyl (C=O) groups excluding carboxylic acids is 3. The Morgan fingerprint density at radius 3 is 2.33 bits per heavy atom. The quantitative estimate of drug-likeness (QED) is 0.220. The Balaban J connectivity index is 1.47. The predicted molar refractivity (Wildman–Crippen MR) is 183 cm³/mol. The highest BCUT2D eigenvalue weighted by Crippen LogP contribution is 2.55. The second-order valence-corrected chi connectivity index (χ2v) is 15.0. The molecule has 3 heterocycles. The fourth-order valence-electron chi connectivity index (χ4n) is 6.46. The molecule has 2 saturated heterocycles. The molecule has 7 nitrogen and oxygen atoms in total. The van der Waals surface area contributed by atoms with Gasteiger partial charge in [0.15, 0.2) is 0 Å². The van der Waals surface area contributed by atoms with Crippen LogP contribution in [0.1, 0.15) is 43.0 Å². The Kier molecular flexibility index (Phi) is 9.05. The number of hydrogen-bond donors (Lipinski definition) is 1. The summed E-state index contributed by atoms with van der Waals surface area (Å²) in [5.74, 6) is -0.162. The van der Waals surface area contributed by atoms with Crippen molar-refractivity contribution in [3.63, 3.8) is 0 Å². The van der Waals surface area contributed by atoms with E-state index in [1.54, 1.807) is 0 Å². The third-order valence-corrected chi connectivity index (χ3v) is 11.0. The van der Waals surface area contributed by atoms with Gasteiger partial charge in [0.2, 0.25) is 17.7 Å². The van der Waals surface area contributed by atoms with Crippen LogP contribution in [0.5, 0.6) is 0 Å². The van der Waals surface area contributed by atoms with Gasteiger partial charge in [0.1, 0.15) is 4.75 Å². The standard InChI is InChI=1S/C35H36BrClN4O3S/c1-22(2)33(43)39-14-16-40(17-15-39)34(44)35(45-27-11-4-23(3)5-12-27)19-31(42)41(21-24-6-8-25(36)9-7-24)32(35)29-20-38-30-18-26(37)10-13-28(29)30/h4-13,18,20,22,32,38H,14-17,19,21H2,1-3H3/t32-,35-/m0/s1. The molecule has 2 atom stereocenters. The van der Waals surface area contributed by atoms with Crippen LogP contribution in [0.25, 0.3) is 10.9 Å². The van der Waals surface area contributed by atoms with Gasteiger partial charge >= 0.3 is 0 Å². The minimum atomic E-state index is -1.15. The topological polar surface area (TPSA) is 76.7 Å². The third kappa shape index (κ3) is 6.27. The molecule has 0 aliphatic carbocycles. The van der Waals surface area contributed by atoms with Crippen molar-refractivity contribution >= 4 is 67.9 Å². The molecule has 0 spiro atoms. The van der Waals surface area contributed by atoms with E-state index in [0.717, 1.165) is 37.0 Å². The molecule has 1 N–H and O–H groups in total. The number of hydrogen-bond acceptors (Lipinski definition) is 4. The molecule has 3 amide bonds. The molecule has 6 rings (SSSR count). The zero-order valence-electron chi connectivity index (χ0n) is 25.6. The van der Waals surface area contributed by atoms with Gasteiger partial charge in [-0.1, -0.05) is 77.3 Å². The number of aromatic nitrogens is 1. The number of nitrogens with one attached hydrogen (secondary N) is 1. The lowest BCUT2D eigenvalue weighted by Gasteiger charge is -2.42. The van der Waals surface area contributed by atoms with Crippen molar-refractivity contribution < 1.29 is 14.4 Å². The van der Waals surface area contributed by atoms with Gasteiger partial charge in [-0.3, -0.25) is 14.4 Å². The van der Waals surface area contributed by atoms with E-state index < -0.39 is 10.8 Å². The van der Waals surface area contributed by atoms with Crippen LogP contribution in [-0.4, -0.2) is 68.3 Å². The fraction of sp³-hybridized carbons (Fsp3) is 0.343. The highest BCUT2D eigenvalue weighted by molar-refractivity contribution is 9.10. The molecule has 1 aromatic heterocycles. The minimum absolute atomic E-state index is 0.0526. The summed E-state index contributed by atoms with van der Waals surface area (Å²) in [6.07, 6.45) is 1.98. The minimum Gasteiger partial charge on any atom is -0.361 e. The van der Waals surface area contributed by atoms with E-state index in [4.69, 9.17) is 11.6 Å². The zero-order chi connectivity index (χ0) is 31.9. The van der Waals surface area contributed by atoms with Gasteiger partial charge in [0.25, 0.3) is 0 Å². The summed E-state index contributed by atoms with van der Waals surface area (Å²) >= 11 is 11.4. The molecule has 2 fully saturated rings. The van der Waals surface area contributed by atoms with E-state index in [9.17, 15) is 9.59 Å².